The monoisotopic (exact) mass is 576 g/mol. The Bertz CT molecular complexity index is 1360. The summed E-state index contributed by atoms with van der Waals surface area (Å²) in [5, 5.41) is 14.9. The van der Waals surface area contributed by atoms with E-state index in [4.69, 9.17) is 0 Å². The summed E-state index contributed by atoms with van der Waals surface area (Å²) in [4.78, 5) is 30.3. The molecular weight excluding hydrogens is 540 g/mol. The number of amides is 2. The van der Waals surface area contributed by atoms with Crippen LogP contribution in [-0.2, 0) is 23.9 Å². The number of hydrogen-bond acceptors (Lipinski definition) is 4. The quantitative estimate of drug-likeness (QED) is 0.534. The number of aliphatic hydroxyl groups is 1. The summed E-state index contributed by atoms with van der Waals surface area (Å²) in [7, 11) is 0. The molecule has 1 N–H and O–H groups in total. The lowest BCUT2D eigenvalue weighted by atomic mass is 9.85. The zero-order valence-electron chi connectivity index (χ0n) is 23.4. The summed E-state index contributed by atoms with van der Waals surface area (Å²) < 4.78 is 55.1. The summed E-state index contributed by atoms with van der Waals surface area (Å²) in [5.74, 6) is 0.761. The van der Waals surface area contributed by atoms with Gasteiger partial charge in [0, 0.05) is 37.4 Å². The van der Waals surface area contributed by atoms with Crippen molar-refractivity contribution in [2.45, 2.75) is 76.1 Å². The smallest absolute Gasteiger partial charge is 0.387 e. The second-order valence-corrected chi connectivity index (χ2v) is 12.4. The van der Waals surface area contributed by atoms with Gasteiger partial charge in [-0.25, -0.2) is 4.39 Å². The number of rotatable bonds is 5. The van der Waals surface area contributed by atoms with Crippen LogP contribution in [0.15, 0.2) is 18.2 Å². The van der Waals surface area contributed by atoms with Crippen LogP contribution in [-0.4, -0.2) is 75.0 Å². The van der Waals surface area contributed by atoms with E-state index in [9.17, 15) is 32.3 Å². The molecule has 2 saturated heterocycles. The Labute approximate surface area is 236 Å². The number of piperidine rings is 2. The molecule has 41 heavy (non-hydrogen) atoms. The van der Waals surface area contributed by atoms with E-state index in [0.717, 1.165) is 23.7 Å². The minimum Gasteiger partial charge on any atom is -0.387 e. The van der Waals surface area contributed by atoms with Gasteiger partial charge in [0.1, 0.15) is 13.2 Å². The molecule has 3 unspecified atom stereocenters. The molecule has 2 aliphatic carbocycles. The van der Waals surface area contributed by atoms with E-state index in [1.807, 2.05) is 0 Å². The van der Waals surface area contributed by atoms with E-state index in [0.29, 0.717) is 49.0 Å². The molecule has 0 spiro atoms. The Morgan fingerprint density at radius 2 is 1.78 bits per heavy atom. The van der Waals surface area contributed by atoms with Crippen molar-refractivity contribution in [2.75, 3.05) is 32.9 Å². The van der Waals surface area contributed by atoms with Gasteiger partial charge in [0.05, 0.1) is 11.2 Å². The second kappa shape index (κ2) is 10.1. The normalized spacial score (nSPS) is 25.7. The second-order valence-electron chi connectivity index (χ2n) is 12.4. The molecule has 6 rings (SSSR count). The van der Waals surface area contributed by atoms with Gasteiger partial charge in [-0.2, -0.15) is 18.3 Å². The number of carbonyl (C=O) groups excluding carboxylic acids is 2. The number of nitrogens with zero attached hydrogens (tertiary/aromatic N) is 4. The zero-order valence-corrected chi connectivity index (χ0v) is 23.4. The maximum atomic E-state index is 13.5. The van der Waals surface area contributed by atoms with Crippen LogP contribution in [0, 0.1) is 18.8 Å². The molecular formula is C30H36F4N4O3. The average Bonchev–Trinajstić information content (AvgIpc) is 3.24. The van der Waals surface area contributed by atoms with Gasteiger partial charge in [0.25, 0.3) is 5.91 Å². The molecule has 1 aromatic carbocycles. The molecule has 3 heterocycles. The SMILES string of the molecule is Cc1c(C2CCN(C(=O)Cn3nc(C(=O)N4CCC(O)(CF)CC4)c4c3CC3C(C)C43)CC2)cccc1C(F)(F)F. The molecule has 3 atom stereocenters. The lowest BCUT2D eigenvalue weighted by molar-refractivity contribution is -0.138. The minimum atomic E-state index is -4.40. The van der Waals surface area contributed by atoms with Crippen molar-refractivity contribution in [3.63, 3.8) is 0 Å². The van der Waals surface area contributed by atoms with Gasteiger partial charge in [-0.05, 0) is 79.9 Å². The lowest BCUT2D eigenvalue weighted by Gasteiger charge is -2.36. The Morgan fingerprint density at radius 3 is 2.41 bits per heavy atom. The van der Waals surface area contributed by atoms with Crippen LogP contribution in [0.5, 0.6) is 0 Å². The fourth-order valence-electron chi connectivity index (χ4n) is 7.40. The van der Waals surface area contributed by atoms with Crippen molar-refractivity contribution in [1.82, 2.24) is 19.6 Å². The van der Waals surface area contributed by atoms with Crippen molar-refractivity contribution in [3.05, 3.63) is 51.8 Å². The predicted octanol–water partition coefficient (Wildman–Crippen LogP) is 4.46. The van der Waals surface area contributed by atoms with E-state index in [1.54, 1.807) is 20.5 Å². The van der Waals surface area contributed by atoms with Gasteiger partial charge in [-0.15, -0.1) is 0 Å². The maximum Gasteiger partial charge on any atom is 0.416 e. The number of benzene rings is 1. The summed E-state index contributed by atoms with van der Waals surface area (Å²) in [5.41, 5.74) is 1.19. The Balaban J connectivity index is 1.14. The first-order valence-electron chi connectivity index (χ1n) is 14.5. The third-order valence-electron chi connectivity index (χ3n) is 10.1. The average molecular weight is 577 g/mol. The first kappa shape index (κ1) is 28.2. The molecule has 222 valence electrons. The van der Waals surface area contributed by atoms with Gasteiger partial charge in [-0.1, -0.05) is 19.1 Å². The van der Waals surface area contributed by atoms with Crippen molar-refractivity contribution in [3.8, 4) is 0 Å². The molecule has 2 aromatic rings. The molecule has 2 amide bonds. The van der Waals surface area contributed by atoms with E-state index in [-0.39, 0.29) is 61.7 Å². The summed E-state index contributed by atoms with van der Waals surface area (Å²) >= 11 is 0. The maximum absolute atomic E-state index is 13.5. The van der Waals surface area contributed by atoms with Crippen LogP contribution in [0.2, 0.25) is 0 Å². The van der Waals surface area contributed by atoms with Crippen molar-refractivity contribution in [1.29, 1.82) is 0 Å². The van der Waals surface area contributed by atoms with Crippen LogP contribution in [0.1, 0.15) is 82.9 Å². The van der Waals surface area contributed by atoms with Crippen LogP contribution in [0.25, 0.3) is 0 Å². The predicted molar refractivity (Wildman–Crippen MR) is 142 cm³/mol. The van der Waals surface area contributed by atoms with Crippen LogP contribution in [0.3, 0.4) is 0 Å². The van der Waals surface area contributed by atoms with Crippen LogP contribution < -0.4 is 0 Å². The van der Waals surface area contributed by atoms with E-state index >= 15 is 0 Å². The fourth-order valence-corrected chi connectivity index (χ4v) is 7.40. The number of hydrogen-bond donors (Lipinski definition) is 1. The van der Waals surface area contributed by atoms with E-state index in [1.165, 1.54) is 13.0 Å². The minimum absolute atomic E-state index is 0.0122. The van der Waals surface area contributed by atoms with E-state index < -0.39 is 24.0 Å². The number of fused-ring (bicyclic) bond motifs is 3. The molecule has 0 bridgehead atoms. The van der Waals surface area contributed by atoms with E-state index in [2.05, 4.69) is 12.0 Å². The Morgan fingerprint density at radius 1 is 1.10 bits per heavy atom. The highest BCUT2D eigenvalue weighted by Crippen LogP contribution is 2.62. The van der Waals surface area contributed by atoms with Gasteiger partial charge >= 0.3 is 6.18 Å². The zero-order chi connectivity index (χ0) is 29.3. The first-order chi connectivity index (χ1) is 19.4. The molecule has 2 aliphatic heterocycles. The molecule has 4 aliphatic rings. The molecule has 7 nitrogen and oxygen atoms in total. The third kappa shape index (κ3) is 4.93. The standard InChI is InChI=1S/C30H36F4N4O3/c1-17-20(4-3-5-22(17)30(32,33)34)19-6-10-36(11-7-19)24(39)15-38-23-14-21-18(2)25(21)26(23)27(35-38)28(40)37-12-8-29(41,16-31)9-13-37/h3-5,18-19,21,25,41H,6-16H2,1-2H3. The van der Waals surface area contributed by atoms with Crippen molar-refractivity contribution < 1.29 is 32.3 Å². The summed E-state index contributed by atoms with van der Waals surface area (Å²) in [6, 6.07) is 4.32. The van der Waals surface area contributed by atoms with Crippen molar-refractivity contribution >= 4 is 11.8 Å². The fraction of sp³-hybridized carbons (Fsp3) is 0.633. The van der Waals surface area contributed by atoms with Crippen LogP contribution >= 0.6 is 0 Å². The Hall–Kier alpha value is -2.95. The molecule has 1 aromatic heterocycles. The van der Waals surface area contributed by atoms with Gasteiger partial charge in [0.2, 0.25) is 5.91 Å². The Kier molecular flexibility index (Phi) is 6.94. The van der Waals surface area contributed by atoms with Gasteiger partial charge in [-0.3, -0.25) is 14.3 Å². The van der Waals surface area contributed by atoms with Crippen LogP contribution in [0.4, 0.5) is 17.6 Å². The highest BCUT2D eigenvalue weighted by Gasteiger charge is 2.57. The largest absolute Gasteiger partial charge is 0.416 e. The number of carbonyl (C=O) groups is 2. The number of halogens is 4. The summed E-state index contributed by atoms with van der Waals surface area (Å²) in [6.45, 7) is 4.26. The molecule has 1 saturated carbocycles. The topological polar surface area (TPSA) is 78.7 Å². The highest BCUT2D eigenvalue weighted by molar-refractivity contribution is 5.95. The third-order valence-corrected chi connectivity index (χ3v) is 10.1. The number of alkyl halides is 4. The molecule has 3 fully saturated rings. The highest BCUT2D eigenvalue weighted by atomic mass is 19.4. The number of aromatic nitrogens is 2. The van der Waals surface area contributed by atoms with Gasteiger partial charge < -0.3 is 14.9 Å². The lowest BCUT2D eigenvalue weighted by Crippen LogP contribution is -2.48. The molecule has 0 radical (unpaired) electrons. The number of likely N-dealkylation sites (tertiary alicyclic amines) is 2. The first-order valence-corrected chi connectivity index (χ1v) is 14.5. The van der Waals surface area contributed by atoms with Gasteiger partial charge in [0.15, 0.2) is 5.69 Å². The summed E-state index contributed by atoms with van der Waals surface area (Å²) in [6.07, 6.45) is -2.12. The molecule has 11 heteroatoms. The van der Waals surface area contributed by atoms with Crippen molar-refractivity contribution in [2.24, 2.45) is 11.8 Å².